The van der Waals surface area contributed by atoms with Gasteiger partial charge in [-0.05, 0) is 6.92 Å². The number of thioether (sulfide) groups is 1. The maximum absolute atomic E-state index is 5.61. The van der Waals surface area contributed by atoms with Crippen molar-refractivity contribution in [3.8, 4) is 11.6 Å². The number of hydrogen-bond acceptors (Lipinski definition) is 6. The molecule has 0 fully saturated rings. The molecule has 1 aliphatic rings. The number of thiazole rings is 1. The zero-order chi connectivity index (χ0) is 11.0. The Morgan fingerprint density at radius 2 is 2.38 bits per heavy atom. The van der Waals surface area contributed by atoms with Gasteiger partial charge in [0.05, 0.1) is 5.51 Å². The third kappa shape index (κ3) is 1.68. The fourth-order valence-corrected chi connectivity index (χ4v) is 2.91. The third-order valence-corrected chi connectivity index (χ3v) is 3.81. The molecule has 0 saturated carbocycles. The van der Waals surface area contributed by atoms with Gasteiger partial charge in [0, 0.05) is 17.7 Å². The van der Waals surface area contributed by atoms with Gasteiger partial charge < -0.3 is 4.42 Å². The third-order valence-electron chi connectivity index (χ3n) is 2.24. The van der Waals surface area contributed by atoms with Crippen LogP contribution in [0.1, 0.15) is 11.5 Å². The lowest BCUT2D eigenvalue weighted by Crippen LogP contribution is -1.94. The van der Waals surface area contributed by atoms with E-state index in [9.17, 15) is 0 Å². The Bertz CT molecular complexity index is 530. The molecule has 0 atom stereocenters. The molecule has 0 N–H and O–H groups in total. The zero-order valence-electron chi connectivity index (χ0n) is 8.64. The van der Waals surface area contributed by atoms with Gasteiger partial charge in [-0.3, -0.25) is 4.99 Å². The predicted molar refractivity (Wildman–Crippen MR) is 66.2 cm³/mol. The van der Waals surface area contributed by atoms with E-state index in [1.54, 1.807) is 17.3 Å². The van der Waals surface area contributed by atoms with Gasteiger partial charge in [0.1, 0.15) is 22.2 Å². The van der Waals surface area contributed by atoms with Crippen LogP contribution >= 0.6 is 23.1 Å². The molecule has 16 heavy (non-hydrogen) atoms. The van der Waals surface area contributed by atoms with Crippen molar-refractivity contribution in [2.45, 2.75) is 6.92 Å². The van der Waals surface area contributed by atoms with Gasteiger partial charge in [-0.15, -0.1) is 23.1 Å². The summed E-state index contributed by atoms with van der Waals surface area (Å²) in [6.45, 7) is 2.79. The van der Waals surface area contributed by atoms with E-state index in [0.717, 1.165) is 34.5 Å². The molecule has 1 aliphatic heterocycles. The summed E-state index contributed by atoms with van der Waals surface area (Å²) < 4.78 is 5.61. The van der Waals surface area contributed by atoms with Crippen LogP contribution in [0.5, 0.6) is 0 Å². The van der Waals surface area contributed by atoms with Crippen LogP contribution in [0, 0.1) is 6.92 Å². The molecule has 0 bridgehead atoms. The number of hydrogen-bond donors (Lipinski definition) is 0. The molecule has 3 heterocycles. The van der Waals surface area contributed by atoms with Crippen LogP contribution in [0.2, 0.25) is 0 Å². The Hall–Kier alpha value is -1.14. The minimum Gasteiger partial charge on any atom is -0.439 e. The fourth-order valence-electron chi connectivity index (χ4n) is 1.50. The maximum Gasteiger partial charge on any atom is 0.246 e. The summed E-state index contributed by atoms with van der Waals surface area (Å²) in [6.07, 6.45) is 0. The first-order chi connectivity index (χ1) is 7.84. The molecule has 0 radical (unpaired) electrons. The highest BCUT2D eigenvalue weighted by Gasteiger charge is 2.19. The highest BCUT2D eigenvalue weighted by atomic mass is 32.2. The molecule has 2 aromatic rings. The molecule has 0 aromatic carbocycles. The Balaban J connectivity index is 2.02. The predicted octanol–water partition coefficient (Wildman–Crippen LogP) is 2.60. The summed E-state index contributed by atoms with van der Waals surface area (Å²) in [4.78, 5) is 13.0. The van der Waals surface area contributed by atoms with Crippen molar-refractivity contribution in [3.05, 3.63) is 22.3 Å². The standard InChI is InChI=1S/C10H9N3OS2/c1-6-8(10-11-2-3-16-10)13-9(14-6)7-4-15-5-12-7/h4-5H,2-3H2,1H3. The molecule has 0 aliphatic carbocycles. The minimum atomic E-state index is 0.587. The van der Waals surface area contributed by atoms with Crippen LogP contribution in [0.25, 0.3) is 11.6 Å². The molecule has 0 amide bonds. The lowest BCUT2D eigenvalue weighted by molar-refractivity contribution is 0.540. The number of aliphatic imine (C=N–C) groups is 1. The molecule has 6 heteroatoms. The average molecular weight is 251 g/mol. The Kier molecular flexibility index (Phi) is 2.53. The molecule has 0 spiro atoms. The van der Waals surface area contributed by atoms with Crippen molar-refractivity contribution in [3.63, 3.8) is 0 Å². The number of rotatable bonds is 2. The summed E-state index contributed by atoms with van der Waals surface area (Å²) in [6, 6.07) is 0. The topological polar surface area (TPSA) is 51.3 Å². The largest absolute Gasteiger partial charge is 0.439 e. The first kappa shape index (κ1) is 10.0. The normalized spacial score (nSPS) is 15.4. The van der Waals surface area contributed by atoms with E-state index in [0.29, 0.717) is 5.89 Å². The van der Waals surface area contributed by atoms with Crippen molar-refractivity contribution in [1.82, 2.24) is 9.97 Å². The van der Waals surface area contributed by atoms with E-state index in [-0.39, 0.29) is 0 Å². The van der Waals surface area contributed by atoms with Crippen LogP contribution in [-0.4, -0.2) is 27.3 Å². The van der Waals surface area contributed by atoms with Crippen LogP contribution in [0.15, 0.2) is 20.3 Å². The maximum atomic E-state index is 5.61. The average Bonchev–Trinajstić information content (AvgIpc) is 2.97. The highest BCUT2D eigenvalue weighted by Crippen LogP contribution is 2.26. The van der Waals surface area contributed by atoms with E-state index in [1.165, 1.54) is 11.3 Å². The summed E-state index contributed by atoms with van der Waals surface area (Å²) in [5, 5.41) is 2.92. The van der Waals surface area contributed by atoms with Gasteiger partial charge in [-0.25, -0.2) is 9.97 Å². The van der Waals surface area contributed by atoms with Gasteiger partial charge in [-0.1, -0.05) is 0 Å². The second-order valence-corrected chi connectivity index (χ2v) is 5.14. The van der Waals surface area contributed by atoms with Gasteiger partial charge in [0.2, 0.25) is 5.89 Å². The van der Waals surface area contributed by atoms with Crippen LogP contribution in [0.3, 0.4) is 0 Å². The van der Waals surface area contributed by atoms with Crippen LogP contribution in [-0.2, 0) is 0 Å². The molecule has 3 rings (SSSR count). The smallest absolute Gasteiger partial charge is 0.246 e. The first-order valence-corrected chi connectivity index (χ1v) is 6.81. The Morgan fingerprint density at radius 3 is 3.06 bits per heavy atom. The van der Waals surface area contributed by atoms with Crippen molar-refractivity contribution in [1.29, 1.82) is 0 Å². The van der Waals surface area contributed by atoms with E-state index < -0.39 is 0 Å². The molecular formula is C10H9N3OS2. The van der Waals surface area contributed by atoms with E-state index in [4.69, 9.17) is 4.42 Å². The molecule has 0 unspecified atom stereocenters. The zero-order valence-corrected chi connectivity index (χ0v) is 10.3. The lowest BCUT2D eigenvalue weighted by Gasteiger charge is -1.92. The summed E-state index contributed by atoms with van der Waals surface area (Å²) in [5.74, 6) is 2.44. The SMILES string of the molecule is Cc1oc(-c2cscn2)nc1C1=NCCS1. The van der Waals surface area contributed by atoms with Crippen molar-refractivity contribution in [2.75, 3.05) is 12.3 Å². The number of aromatic nitrogens is 2. The fraction of sp³-hybridized carbons (Fsp3) is 0.300. The second kappa shape index (κ2) is 4.03. The summed E-state index contributed by atoms with van der Waals surface area (Å²) in [7, 11) is 0. The van der Waals surface area contributed by atoms with Crippen molar-refractivity contribution < 1.29 is 4.42 Å². The second-order valence-electron chi connectivity index (χ2n) is 3.33. The van der Waals surface area contributed by atoms with E-state index >= 15 is 0 Å². The van der Waals surface area contributed by atoms with Crippen molar-refractivity contribution in [2.24, 2.45) is 4.99 Å². The Labute approximate surface area is 101 Å². The highest BCUT2D eigenvalue weighted by molar-refractivity contribution is 8.14. The van der Waals surface area contributed by atoms with Gasteiger partial charge >= 0.3 is 0 Å². The van der Waals surface area contributed by atoms with Crippen LogP contribution in [0.4, 0.5) is 0 Å². The monoisotopic (exact) mass is 251 g/mol. The van der Waals surface area contributed by atoms with Gasteiger partial charge in [0.25, 0.3) is 0 Å². The molecule has 82 valence electrons. The molecule has 2 aromatic heterocycles. The number of nitrogens with zero attached hydrogens (tertiary/aromatic N) is 3. The van der Waals surface area contributed by atoms with Gasteiger partial charge in [-0.2, -0.15) is 0 Å². The lowest BCUT2D eigenvalue weighted by atomic mass is 10.4. The van der Waals surface area contributed by atoms with Crippen LogP contribution < -0.4 is 0 Å². The minimum absolute atomic E-state index is 0.587. The number of oxazole rings is 1. The molecule has 0 saturated heterocycles. The quantitative estimate of drug-likeness (QED) is 0.823. The van der Waals surface area contributed by atoms with E-state index in [1.807, 2.05) is 12.3 Å². The van der Waals surface area contributed by atoms with E-state index in [2.05, 4.69) is 15.0 Å². The Morgan fingerprint density at radius 1 is 1.44 bits per heavy atom. The molecular weight excluding hydrogens is 242 g/mol. The molecule has 4 nitrogen and oxygen atoms in total. The number of aryl methyl sites for hydroxylation is 1. The first-order valence-electron chi connectivity index (χ1n) is 4.88. The summed E-state index contributed by atoms with van der Waals surface area (Å²) >= 11 is 3.27. The summed E-state index contributed by atoms with van der Waals surface area (Å²) in [5.41, 5.74) is 3.43. The van der Waals surface area contributed by atoms with Crippen molar-refractivity contribution >= 4 is 28.1 Å². The van der Waals surface area contributed by atoms with Gasteiger partial charge in [0.15, 0.2) is 0 Å².